The van der Waals surface area contributed by atoms with Gasteiger partial charge in [0.1, 0.15) is 5.00 Å². The van der Waals surface area contributed by atoms with E-state index in [-0.39, 0.29) is 5.97 Å². The fourth-order valence-electron chi connectivity index (χ4n) is 2.71. The minimum absolute atomic E-state index is 0.283. The summed E-state index contributed by atoms with van der Waals surface area (Å²) in [7, 11) is 3.10. The lowest BCUT2D eigenvalue weighted by atomic mass is 10.1. The highest BCUT2D eigenvalue weighted by molar-refractivity contribution is 7.80. The van der Waals surface area contributed by atoms with Gasteiger partial charge in [-0.1, -0.05) is 6.42 Å². The molecule has 128 valence electrons. The summed E-state index contributed by atoms with van der Waals surface area (Å²) < 4.78 is 10.00. The highest BCUT2D eigenvalue weighted by Crippen LogP contribution is 2.37. The first kappa shape index (κ1) is 18.2. The van der Waals surface area contributed by atoms with Crippen LogP contribution in [-0.4, -0.2) is 38.5 Å². The van der Waals surface area contributed by atoms with Gasteiger partial charge in [0.2, 0.25) is 0 Å². The largest absolute Gasteiger partial charge is 0.465 e. The number of anilines is 1. The van der Waals surface area contributed by atoms with Gasteiger partial charge in [-0.3, -0.25) is 0 Å². The number of thiophene rings is 1. The molecule has 2 N–H and O–H groups in total. The van der Waals surface area contributed by atoms with Crippen LogP contribution in [-0.2, 0) is 22.3 Å². The van der Waals surface area contributed by atoms with Gasteiger partial charge < -0.3 is 20.1 Å². The lowest BCUT2D eigenvalue weighted by Gasteiger charge is -2.11. The van der Waals surface area contributed by atoms with Crippen LogP contribution < -0.4 is 10.6 Å². The van der Waals surface area contributed by atoms with Crippen LogP contribution in [0.1, 0.15) is 46.5 Å². The molecule has 0 saturated heterocycles. The third-order valence-corrected chi connectivity index (χ3v) is 5.30. The average Bonchev–Trinajstić information content (AvgIpc) is 2.72. The van der Waals surface area contributed by atoms with Crippen LogP contribution in [0.3, 0.4) is 0 Å². The summed E-state index contributed by atoms with van der Waals surface area (Å²) in [5, 5.41) is 7.64. The van der Waals surface area contributed by atoms with E-state index in [1.165, 1.54) is 24.8 Å². The minimum Gasteiger partial charge on any atom is -0.465 e. The van der Waals surface area contributed by atoms with Crippen molar-refractivity contribution in [2.24, 2.45) is 0 Å². The van der Waals surface area contributed by atoms with E-state index in [2.05, 4.69) is 10.6 Å². The Morgan fingerprint density at radius 2 is 2.04 bits per heavy atom. The first-order valence-electron chi connectivity index (χ1n) is 7.94. The van der Waals surface area contributed by atoms with Gasteiger partial charge >= 0.3 is 5.97 Å². The number of fused-ring (bicyclic) bond motifs is 1. The van der Waals surface area contributed by atoms with E-state index in [1.54, 1.807) is 18.4 Å². The number of nitrogens with one attached hydrogen (secondary N) is 2. The third-order valence-electron chi connectivity index (χ3n) is 3.85. The molecule has 1 aromatic heterocycles. The lowest BCUT2D eigenvalue weighted by molar-refractivity contribution is 0.0601. The fraction of sp³-hybridized carbons (Fsp3) is 0.625. The zero-order valence-electron chi connectivity index (χ0n) is 13.7. The number of thiocarbonyl (C=S) groups is 1. The smallest absolute Gasteiger partial charge is 0.341 e. The number of hydrogen-bond acceptors (Lipinski definition) is 5. The van der Waals surface area contributed by atoms with E-state index in [9.17, 15) is 4.79 Å². The summed E-state index contributed by atoms with van der Waals surface area (Å²) in [5.74, 6) is -0.283. The molecule has 7 heteroatoms. The maximum absolute atomic E-state index is 12.2. The summed E-state index contributed by atoms with van der Waals surface area (Å²) in [6, 6.07) is 0. The summed E-state index contributed by atoms with van der Waals surface area (Å²) in [4.78, 5) is 13.5. The number of aryl methyl sites for hydroxylation is 1. The van der Waals surface area contributed by atoms with Gasteiger partial charge in [-0.2, -0.15) is 0 Å². The molecular formula is C16H24N2O3S2. The molecule has 23 heavy (non-hydrogen) atoms. The third kappa shape index (κ3) is 4.89. The summed E-state index contributed by atoms with van der Waals surface area (Å²) >= 11 is 6.95. The van der Waals surface area contributed by atoms with Gasteiger partial charge in [0.05, 0.1) is 12.7 Å². The normalized spacial score (nSPS) is 13.8. The van der Waals surface area contributed by atoms with E-state index in [1.807, 2.05) is 0 Å². The van der Waals surface area contributed by atoms with Crippen molar-refractivity contribution in [2.75, 3.05) is 32.7 Å². The maximum Gasteiger partial charge on any atom is 0.341 e. The number of hydrogen-bond donors (Lipinski definition) is 2. The highest BCUT2D eigenvalue weighted by atomic mass is 32.1. The van der Waals surface area contributed by atoms with Crippen molar-refractivity contribution in [3.05, 3.63) is 16.0 Å². The van der Waals surface area contributed by atoms with Crippen LogP contribution in [0.5, 0.6) is 0 Å². The standard InChI is InChI=1S/C16H24N2O3S2/c1-20-10-6-9-17-16(22)18-14-13(15(19)21-2)11-7-4-3-5-8-12(11)23-14/h3-10H2,1-2H3,(H2,17,18,22). The Bertz CT molecular complexity index is 558. The van der Waals surface area contributed by atoms with Gasteiger partial charge in [-0.05, 0) is 49.9 Å². The Labute approximate surface area is 146 Å². The van der Waals surface area contributed by atoms with Crippen molar-refractivity contribution >= 4 is 39.6 Å². The molecule has 1 aromatic rings. The second-order valence-electron chi connectivity index (χ2n) is 5.49. The van der Waals surface area contributed by atoms with Gasteiger partial charge in [0, 0.05) is 25.1 Å². The molecule has 0 spiro atoms. The first-order valence-corrected chi connectivity index (χ1v) is 9.16. The van der Waals surface area contributed by atoms with Gasteiger partial charge in [0.15, 0.2) is 5.11 Å². The van der Waals surface area contributed by atoms with Crippen LogP contribution in [0.15, 0.2) is 0 Å². The minimum atomic E-state index is -0.283. The van der Waals surface area contributed by atoms with Gasteiger partial charge in [-0.15, -0.1) is 11.3 Å². The van der Waals surface area contributed by atoms with E-state index in [4.69, 9.17) is 21.7 Å². The fourth-order valence-corrected chi connectivity index (χ4v) is 4.26. The second-order valence-corrected chi connectivity index (χ2v) is 7.00. The Morgan fingerprint density at radius 3 is 2.78 bits per heavy atom. The second kappa shape index (κ2) is 9.20. The molecule has 1 heterocycles. The predicted octanol–water partition coefficient (Wildman–Crippen LogP) is 3.13. The van der Waals surface area contributed by atoms with E-state index in [0.29, 0.717) is 17.3 Å². The lowest BCUT2D eigenvalue weighted by Crippen LogP contribution is -2.30. The number of rotatable bonds is 6. The molecule has 1 aliphatic rings. The quantitative estimate of drug-likeness (QED) is 0.353. The molecular weight excluding hydrogens is 332 g/mol. The number of methoxy groups -OCH3 is 2. The zero-order chi connectivity index (χ0) is 16.7. The number of carbonyl (C=O) groups is 1. The Morgan fingerprint density at radius 1 is 1.26 bits per heavy atom. The van der Waals surface area contributed by atoms with Crippen molar-refractivity contribution in [1.29, 1.82) is 0 Å². The molecule has 0 amide bonds. The van der Waals surface area contributed by atoms with E-state index in [0.717, 1.165) is 42.8 Å². The SMILES string of the molecule is COCCCNC(=S)Nc1sc2c(c1C(=O)OC)CCCCC2. The summed E-state index contributed by atoms with van der Waals surface area (Å²) in [5.41, 5.74) is 1.81. The summed E-state index contributed by atoms with van der Waals surface area (Å²) in [6.45, 7) is 1.43. The Hall–Kier alpha value is -1.18. The van der Waals surface area contributed by atoms with Gasteiger partial charge in [-0.25, -0.2) is 4.79 Å². The molecule has 2 rings (SSSR count). The van der Waals surface area contributed by atoms with Crippen molar-refractivity contribution < 1.29 is 14.3 Å². The molecule has 0 unspecified atom stereocenters. The van der Waals surface area contributed by atoms with E-state index >= 15 is 0 Å². The molecule has 0 aromatic carbocycles. The highest BCUT2D eigenvalue weighted by Gasteiger charge is 2.25. The molecule has 0 aliphatic heterocycles. The molecule has 0 atom stereocenters. The van der Waals surface area contributed by atoms with Crippen molar-refractivity contribution in [1.82, 2.24) is 5.32 Å². The Kier molecular flexibility index (Phi) is 7.26. The van der Waals surface area contributed by atoms with Crippen LogP contribution in [0.25, 0.3) is 0 Å². The van der Waals surface area contributed by atoms with E-state index < -0.39 is 0 Å². The van der Waals surface area contributed by atoms with Crippen molar-refractivity contribution in [3.63, 3.8) is 0 Å². The molecule has 0 radical (unpaired) electrons. The van der Waals surface area contributed by atoms with Crippen LogP contribution >= 0.6 is 23.6 Å². The molecule has 0 bridgehead atoms. The number of ether oxygens (including phenoxy) is 2. The Balaban J connectivity index is 2.11. The maximum atomic E-state index is 12.2. The van der Waals surface area contributed by atoms with Crippen molar-refractivity contribution in [2.45, 2.75) is 38.5 Å². The van der Waals surface area contributed by atoms with Gasteiger partial charge in [0.25, 0.3) is 0 Å². The monoisotopic (exact) mass is 356 g/mol. The first-order chi connectivity index (χ1) is 11.2. The number of carbonyl (C=O) groups excluding carboxylic acids is 1. The molecule has 0 fully saturated rings. The zero-order valence-corrected chi connectivity index (χ0v) is 15.3. The molecule has 1 aliphatic carbocycles. The summed E-state index contributed by atoms with van der Waals surface area (Å²) in [6.07, 6.45) is 6.35. The van der Waals surface area contributed by atoms with Crippen molar-refractivity contribution in [3.8, 4) is 0 Å². The topological polar surface area (TPSA) is 59.6 Å². The molecule has 5 nitrogen and oxygen atoms in total. The van der Waals surface area contributed by atoms with Crippen LogP contribution in [0, 0.1) is 0 Å². The molecule has 0 saturated carbocycles. The number of esters is 1. The average molecular weight is 357 g/mol. The van der Waals surface area contributed by atoms with Crippen LogP contribution in [0.4, 0.5) is 5.00 Å². The van der Waals surface area contributed by atoms with Crippen LogP contribution in [0.2, 0.25) is 0 Å². The predicted molar refractivity (Wildman–Crippen MR) is 97.6 cm³/mol.